The molecular formula is C13H22N4O3. The van der Waals surface area contributed by atoms with Crippen LogP contribution in [0, 0.1) is 0 Å². The first kappa shape index (κ1) is 16.0. The molecule has 0 aliphatic rings. The summed E-state index contributed by atoms with van der Waals surface area (Å²) in [6, 6.07) is 1.72. The fourth-order valence-corrected chi connectivity index (χ4v) is 1.74. The Morgan fingerprint density at radius 1 is 1.25 bits per heavy atom. The van der Waals surface area contributed by atoms with Crippen molar-refractivity contribution in [2.75, 3.05) is 13.1 Å². The van der Waals surface area contributed by atoms with Gasteiger partial charge >= 0.3 is 12.0 Å². The Hall–Kier alpha value is -2.05. The van der Waals surface area contributed by atoms with Crippen LogP contribution in [0.25, 0.3) is 0 Å². The van der Waals surface area contributed by atoms with E-state index >= 15 is 0 Å². The van der Waals surface area contributed by atoms with Crippen molar-refractivity contribution in [3.05, 3.63) is 18.0 Å². The second kappa shape index (κ2) is 8.95. The Morgan fingerprint density at radius 3 is 2.65 bits per heavy atom. The Balaban J connectivity index is 1.96. The number of hydrogen-bond donors (Lipinski definition) is 3. The number of aliphatic carboxylic acids is 1. The predicted octanol–water partition coefficient (Wildman–Crippen LogP) is 0.907. The average Bonchev–Trinajstić information content (AvgIpc) is 2.79. The van der Waals surface area contributed by atoms with Crippen LogP contribution in [0.15, 0.2) is 12.3 Å². The van der Waals surface area contributed by atoms with E-state index in [4.69, 9.17) is 5.11 Å². The summed E-state index contributed by atoms with van der Waals surface area (Å²) in [4.78, 5) is 21.7. The van der Waals surface area contributed by atoms with Gasteiger partial charge in [0.25, 0.3) is 0 Å². The first-order chi connectivity index (χ1) is 9.58. The number of rotatable bonds is 9. The highest BCUT2D eigenvalue weighted by molar-refractivity contribution is 5.73. The van der Waals surface area contributed by atoms with Gasteiger partial charge < -0.3 is 15.7 Å². The minimum atomic E-state index is -0.773. The van der Waals surface area contributed by atoms with Gasteiger partial charge in [-0.25, -0.2) is 4.79 Å². The molecule has 0 atom stereocenters. The molecule has 0 radical (unpaired) electrons. The fourth-order valence-electron chi connectivity index (χ4n) is 1.74. The largest absolute Gasteiger partial charge is 0.481 e. The van der Waals surface area contributed by atoms with Crippen LogP contribution in [0.5, 0.6) is 0 Å². The SMILES string of the molecule is Cn1ccc(CCNC(=O)NCCCCCC(=O)O)n1. The number of nitrogens with one attached hydrogen (secondary N) is 2. The van der Waals surface area contributed by atoms with E-state index in [0.717, 1.165) is 18.5 Å². The topological polar surface area (TPSA) is 96.2 Å². The smallest absolute Gasteiger partial charge is 0.314 e. The van der Waals surface area contributed by atoms with Crippen LogP contribution < -0.4 is 10.6 Å². The molecule has 0 saturated heterocycles. The molecule has 1 heterocycles. The van der Waals surface area contributed by atoms with E-state index < -0.39 is 5.97 Å². The van der Waals surface area contributed by atoms with Crippen molar-refractivity contribution in [2.45, 2.75) is 32.1 Å². The Bertz CT molecular complexity index is 431. The van der Waals surface area contributed by atoms with E-state index in [9.17, 15) is 9.59 Å². The molecule has 0 fully saturated rings. The maximum Gasteiger partial charge on any atom is 0.314 e. The maximum atomic E-state index is 11.4. The highest BCUT2D eigenvalue weighted by Crippen LogP contribution is 1.98. The van der Waals surface area contributed by atoms with Gasteiger partial charge in [0.1, 0.15) is 0 Å². The molecule has 0 aliphatic carbocycles. The zero-order valence-corrected chi connectivity index (χ0v) is 11.8. The van der Waals surface area contributed by atoms with Gasteiger partial charge in [0.15, 0.2) is 0 Å². The van der Waals surface area contributed by atoms with Crippen LogP contribution >= 0.6 is 0 Å². The molecule has 3 N–H and O–H groups in total. The summed E-state index contributed by atoms with van der Waals surface area (Å²) in [5.74, 6) is -0.773. The number of hydrogen-bond acceptors (Lipinski definition) is 3. The second-order valence-corrected chi connectivity index (χ2v) is 4.62. The van der Waals surface area contributed by atoms with Gasteiger partial charge in [-0.3, -0.25) is 9.48 Å². The molecule has 0 saturated carbocycles. The van der Waals surface area contributed by atoms with Crippen LogP contribution in [-0.4, -0.2) is 40.0 Å². The van der Waals surface area contributed by atoms with Crippen LogP contribution in [0.2, 0.25) is 0 Å². The molecule has 112 valence electrons. The number of urea groups is 1. The van der Waals surface area contributed by atoms with Crippen molar-refractivity contribution in [1.82, 2.24) is 20.4 Å². The van der Waals surface area contributed by atoms with Gasteiger partial charge in [-0.15, -0.1) is 0 Å². The van der Waals surface area contributed by atoms with Crippen molar-refractivity contribution >= 4 is 12.0 Å². The number of amides is 2. The average molecular weight is 282 g/mol. The molecule has 0 aromatic carbocycles. The lowest BCUT2D eigenvalue weighted by Gasteiger charge is -2.06. The minimum absolute atomic E-state index is 0.191. The number of aromatic nitrogens is 2. The number of unbranched alkanes of at least 4 members (excludes halogenated alkanes) is 2. The summed E-state index contributed by atoms with van der Waals surface area (Å²) < 4.78 is 1.73. The van der Waals surface area contributed by atoms with Crippen molar-refractivity contribution in [3.63, 3.8) is 0 Å². The molecule has 0 aliphatic heterocycles. The molecule has 1 rings (SSSR count). The van der Waals surface area contributed by atoms with E-state index in [1.807, 2.05) is 19.3 Å². The van der Waals surface area contributed by atoms with E-state index in [1.54, 1.807) is 4.68 Å². The van der Waals surface area contributed by atoms with Crippen LogP contribution in [0.3, 0.4) is 0 Å². The number of carboxylic acid groups (broad SMARTS) is 1. The Kier molecular flexibility index (Phi) is 7.16. The normalized spacial score (nSPS) is 10.2. The number of aryl methyl sites for hydroxylation is 1. The summed E-state index contributed by atoms with van der Waals surface area (Å²) in [7, 11) is 1.86. The molecule has 1 aromatic rings. The number of carbonyl (C=O) groups excluding carboxylic acids is 1. The zero-order valence-electron chi connectivity index (χ0n) is 11.8. The molecule has 20 heavy (non-hydrogen) atoms. The highest BCUT2D eigenvalue weighted by atomic mass is 16.4. The lowest BCUT2D eigenvalue weighted by atomic mass is 10.2. The third-order valence-electron chi connectivity index (χ3n) is 2.79. The molecule has 0 unspecified atom stereocenters. The first-order valence-corrected chi connectivity index (χ1v) is 6.80. The predicted molar refractivity (Wildman–Crippen MR) is 74.4 cm³/mol. The van der Waals surface area contributed by atoms with Gasteiger partial charge in [-0.05, 0) is 18.9 Å². The van der Waals surface area contributed by atoms with Gasteiger partial charge in [0, 0.05) is 39.2 Å². The second-order valence-electron chi connectivity index (χ2n) is 4.62. The van der Waals surface area contributed by atoms with E-state index in [-0.39, 0.29) is 12.5 Å². The molecule has 0 bridgehead atoms. The summed E-state index contributed by atoms with van der Waals surface area (Å²) in [5, 5.41) is 18.2. The number of carbonyl (C=O) groups is 2. The standard InChI is InChI=1S/C13H22N4O3/c1-17-10-7-11(16-17)6-9-15-13(20)14-8-4-2-3-5-12(18)19/h7,10H,2-6,8-9H2,1H3,(H,18,19)(H2,14,15,20). The molecule has 2 amide bonds. The summed E-state index contributed by atoms with van der Waals surface area (Å²) in [6.45, 7) is 1.11. The lowest BCUT2D eigenvalue weighted by Crippen LogP contribution is -2.37. The molecule has 7 heteroatoms. The monoisotopic (exact) mass is 282 g/mol. The zero-order chi connectivity index (χ0) is 14.8. The Labute approximate surface area is 118 Å². The molecular weight excluding hydrogens is 260 g/mol. The van der Waals surface area contributed by atoms with E-state index in [2.05, 4.69) is 15.7 Å². The van der Waals surface area contributed by atoms with Gasteiger partial charge in [-0.1, -0.05) is 6.42 Å². The van der Waals surface area contributed by atoms with Gasteiger partial charge in [-0.2, -0.15) is 5.10 Å². The van der Waals surface area contributed by atoms with Crippen LogP contribution in [0.1, 0.15) is 31.4 Å². The summed E-state index contributed by atoms with van der Waals surface area (Å²) >= 11 is 0. The molecule has 7 nitrogen and oxygen atoms in total. The minimum Gasteiger partial charge on any atom is -0.481 e. The van der Waals surface area contributed by atoms with Crippen LogP contribution in [-0.2, 0) is 18.3 Å². The lowest BCUT2D eigenvalue weighted by molar-refractivity contribution is -0.137. The third-order valence-corrected chi connectivity index (χ3v) is 2.79. The van der Waals surface area contributed by atoms with Crippen molar-refractivity contribution in [1.29, 1.82) is 0 Å². The van der Waals surface area contributed by atoms with Crippen molar-refractivity contribution in [3.8, 4) is 0 Å². The number of nitrogens with zero attached hydrogens (tertiary/aromatic N) is 2. The van der Waals surface area contributed by atoms with Gasteiger partial charge in [0.2, 0.25) is 0 Å². The summed E-state index contributed by atoms with van der Waals surface area (Å²) in [6.07, 6.45) is 5.01. The Morgan fingerprint density at radius 2 is 2.00 bits per heavy atom. The molecule has 0 spiro atoms. The van der Waals surface area contributed by atoms with Crippen molar-refractivity contribution in [2.24, 2.45) is 7.05 Å². The van der Waals surface area contributed by atoms with E-state index in [0.29, 0.717) is 25.9 Å². The highest BCUT2D eigenvalue weighted by Gasteiger charge is 2.01. The van der Waals surface area contributed by atoms with Crippen molar-refractivity contribution < 1.29 is 14.7 Å². The number of carboxylic acids is 1. The van der Waals surface area contributed by atoms with Gasteiger partial charge in [0.05, 0.1) is 5.69 Å². The molecule has 1 aromatic heterocycles. The maximum absolute atomic E-state index is 11.4. The third kappa shape index (κ3) is 7.40. The van der Waals surface area contributed by atoms with E-state index in [1.165, 1.54) is 0 Å². The fraction of sp³-hybridized carbons (Fsp3) is 0.615. The summed E-state index contributed by atoms with van der Waals surface area (Å²) in [5.41, 5.74) is 0.946. The first-order valence-electron chi connectivity index (χ1n) is 6.80. The van der Waals surface area contributed by atoms with Crippen LogP contribution in [0.4, 0.5) is 4.79 Å². The quantitative estimate of drug-likeness (QED) is 0.586.